The van der Waals surface area contributed by atoms with Crippen LogP contribution in [0.1, 0.15) is 12.8 Å². The van der Waals surface area contributed by atoms with Crippen molar-refractivity contribution in [2.45, 2.75) is 24.9 Å². The zero-order valence-corrected chi connectivity index (χ0v) is 7.66. The van der Waals surface area contributed by atoms with Crippen molar-refractivity contribution in [1.82, 2.24) is 10.2 Å². The molecule has 1 heterocycles. The normalized spacial score (nSPS) is 38.5. The van der Waals surface area contributed by atoms with Gasteiger partial charge in [0.2, 0.25) is 0 Å². The SMILES string of the molecule is CN1CC(CO)NCC1C1CC1. The molecule has 3 nitrogen and oxygen atoms in total. The molecular weight excluding hydrogens is 152 g/mol. The maximum absolute atomic E-state index is 8.96. The van der Waals surface area contributed by atoms with Gasteiger partial charge < -0.3 is 15.3 Å². The monoisotopic (exact) mass is 170 g/mol. The van der Waals surface area contributed by atoms with Crippen molar-refractivity contribution in [2.75, 3.05) is 26.7 Å². The van der Waals surface area contributed by atoms with Gasteiger partial charge in [0, 0.05) is 25.2 Å². The number of nitrogens with zero attached hydrogens (tertiary/aromatic N) is 1. The molecule has 2 unspecified atom stereocenters. The third-order valence-electron chi connectivity index (χ3n) is 3.08. The largest absolute Gasteiger partial charge is 0.395 e. The molecule has 0 spiro atoms. The summed E-state index contributed by atoms with van der Waals surface area (Å²) >= 11 is 0. The topological polar surface area (TPSA) is 35.5 Å². The van der Waals surface area contributed by atoms with Crippen molar-refractivity contribution >= 4 is 0 Å². The van der Waals surface area contributed by atoms with Crippen molar-refractivity contribution in [2.24, 2.45) is 5.92 Å². The molecule has 0 bridgehead atoms. The van der Waals surface area contributed by atoms with Gasteiger partial charge in [-0.2, -0.15) is 0 Å². The number of nitrogens with one attached hydrogen (secondary N) is 1. The number of hydrogen-bond donors (Lipinski definition) is 2. The first-order valence-electron chi connectivity index (χ1n) is 4.85. The van der Waals surface area contributed by atoms with Crippen LogP contribution in [0.25, 0.3) is 0 Å². The van der Waals surface area contributed by atoms with E-state index in [0.717, 1.165) is 25.0 Å². The fourth-order valence-electron chi connectivity index (χ4n) is 2.12. The second-order valence-electron chi connectivity index (χ2n) is 4.13. The quantitative estimate of drug-likeness (QED) is 0.595. The van der Waals surface area contributed by atoms with E-state index in [4.69, 9.17) is 5.11 Å². The molecule has 3 heteroatoms. The second-order valence-corrected chi connectivity index (χ2v) is 4.13. The van der Waals surface area contributed by atoms with E-state index in [-0.39, 0.29) is 6.61 Å². The van der Waals surface area contributed by atoms with Crippen molar-refractivity contribution < 1.29 is 5.11 Å². The van der Waals surface area contributed by atoms with Gasteiger partial charge in [-0.1, -0.05) is 0 Å². The Morgan fingerprint density at radius 1 is 1.50 bits per heavy atom. The van der Waals surface area contributed by atoms with Crippen molar-refractivity contribution in [3.05, 3.63) is 0 Å². The predicted octanol–water partition coefficient (Wildman–Crippen LogP) is -0.339. The van der Waals surface area contributed by atoms with Crippen LogP contribution in [0, 0.1) is 5.92 Å². The predicted molar refractivity (Wildman–Crippen MR) is 48.0 cm³/mol. The highest BCUT2D eigenvalue weighted by Crippen LogP contribution is 2.35. The minimum atomic E-state index is 0.266. The Labute approximate surface area is 73.8 Å². The van der Waals surface area contributed by atoms with Crippen molar-refractivity contribution in [3.63, 3.8) is 0 Å². The lowest BCUT2D eigenvalue weighted by molar-refractivity contribution is 0.113. The van der Waals surface area contributed by atoms with Crippen LogP contribution in [0.2, 0.25) is 0 Å². The summed E-state index contributed by atoms with van der Waals surface area (Å²) in [5.74, 6) is 0.933. The van der Waals surface area contributed by atoms with E-state index >= 15 is 0 Å². The van der Waals surface area contributed by atoms with Gasteiger partial charge in [0.1, 0.15) is 0 Å². The fraction of sp³-hybridized carbons (Fsp3) is 1.00. The Morgan fingerprint density at radius 2 is 2.25 bits per heavy atom. The highest BCUT2D eigenvalue weighted by Gasteiger charge is 2.36. The van der Waals surface area contributed by atoms with Gasteiger partial charge in [0.05, 0.1) is 6.61 Å². The van der Waals surface area contributed by atoms with Crippen LogP contribution in [0.3, 0.4) is 0 Å². The van der Waals surface area contributed by atoms with Crippen LogP contribution < -0.4 is 5.32 Å². The Kier molecular flexibility index (Phi) is 2.35. The third-order valence-corrected chi connectivity index (χ3v) is 3.08. The third kappa shape index (κ3) is 1.63. The van der Waals surface area contributed by atoms with Crippen LogP contribution >= 0.6 is 0 Å². The fourth-order valence-corrected chi connectivity index (χ4v) is 2.12. The van der Waals surface area contributed by atoms with Gasteiger partial charge in [-0.05, 0) is 25.8 Å². The van der Waals surface area contributed by atoms with Gasteiger partial charge in [-0.25, -0.2) is 0 Å². The summed E-state index contributed by atoms with van der Waals surface area (Å²) in [6.07, 6.45) is 2.81. The Morgan fingerprint density at radius 3 is 2.75 bits per heavy atom. The number of aliphatic hydroxyl groups is 1. The average molecular weight is 170 g/mol. The first-order valence-corrected chi connectivity index (χ1v) is 4.85. The molecule has 2 aliphatic rings. The van der Waals surface area contributed by atoms with Crippen LogP contribution in [0.4, 0.5) is 0 Å². The molecule has 12 heavy (non-hydrogen) atoms. The molecule has 2 fully saturated rings. The Hall–Kier alpha value is -0.120. The molecule has 0 aromatic carbocycles. The standard InChI is InChI=1S/C9H18N2O/c1-11-5-8(6-12)10-4-9(11)7-2-3-7/h7-10,12H,2-6H2,1H3. The zero-order chi connectivity index (χ0) is 8.55. The highest BCUT2D eigenvalue weighted by molar-refractivity contribution is 4.93. The zero-order valence-electron chi connectivity index (χ0n) is 7.66. The lowest BCUT2D eigenvalue weighted by Gasteiger charge is -2.37. The van der Waals surface area contributed by atoms with E-state index in [2.05, 4.69) is 17.3 Å². The van der Waals surface area contributed by atoms with E-state index in [0.29, 0.717) is 6.04 Å². The molecule has 0 aromatic heterocycles. The van der Waals surface area contributed by atoms with E-state index in [9.17, 15) is 0 Å². The number of rotatable bonds is 2. The van der Waals surface area contributed by atoms with Crippen LogP contribution in [-0.2, 0) is 0 Å². The van der Waals surface area contributed by atoms with Gasteiger partial charge in [0.25, 0.3) is 0 Å². The number of piperazine rings is 1. The summed E-state index contributed by atoms with van der Waals surface area (Å²) in [6, 6.07) is 1.03. The summed E-state index contributed by atoms with van der Waals surface area (Å²) in [7, 11) is 2.17. The van der Waals surface area contributed by atoms with Crippen molar-refractivity contribution in [3.8, 4) is 0 Å². The molecule has 0 radical (unpaired) electrons. The molecule has 0 amide bonds. The van der Waals surface area contributed by atoms with E-state index in [1.807, 2.05) is 0 Å². The molecule has 70 valence electrons. The van der Waals surface area contributed by atoms with Crippen LogP contribution in [-0.4, -0.2) is 48.8 Å². The molecule has 2 rings (SSSR count). The van der Waals surface area contributed by atoms with E-state index in [1.54, 1.807) is 0 Å². The maximum Gasteiger partial charge on any atom is 0.0597 e. The summed E-state index contributed by atoms with van der Waals surface area (Å²) < 4.78 is 0. The minimum absolute atomic E-state index is 0.266. The summed E-state index contributed by atoms with van der Waals surface area (Å²) in [6.45, 7) is 2.33. The molecule has 0 aromatic rings. The first-order chi connectivity index (χ1) is 5.81. The highest BCUT2D eigenvalue weighted by atomic mass is 16.3. The van der Waals surface area contributed by atoms with Gasteiger partial charge >= 0.3 is 0 Å². The number of likely N-dealkylation sites (N-methyl/N-ethyl adjacent to an activating group) is 1. The number of hydrogen-bond acceptors (Lipinski definition) is 3. The molecule has 1 saturated carbocycles. The summed E-state index contributed by atoms with van der Waals surface area (Å²) in [5, 5.41) is 12.3. The smallest absolute Gasteiger partial charge is 0.0597 e. The number of aliphatic hydroxyl groups excluding tert-OH is 1. The maximum atomic E-state index is 8.96. The first kappa shape index (κ1) is 8.48. The lowest BCUT2D eigenvalue weighted by atomic mass is 10.1. The molecular formula is C9H18N2O. The Balaban J connectivity index is 1.86. The van der Waals surface area contributed by atoms with Gasteiger partial charge in [-0.3, -0.25) is 0 Å². The minimum Gasteiger partial charge on any atom is -0.395 e. The van der Waals surface area contributed by atoms with Crippen molar-refractivity contribution in [1.29, 1.82) is 0 Å². The molecule has 1 aliphatic heterocycles. The van der Waals surface area contributed by atoms with E-state index in [1.165, 1.54) is 12.8 Å². The molecule has 1 saturated heterocycles. The van der Waals surface area contributed by atoms with Gasteiger partial charge in [0.15, 0.2) is 0 Å². The molecule has 2 atom stereocenters. The average Bonchev–Trinajstić information content (AvgIpc) is 2.87. The second kappa shape index (κ2) is 3.32. The molecule has 1 aliphatic carbocycles. The van der Waals surface area contributed by atoms with E-state index < -0.39 is 0 Å². The lowest BCUT2D eigenvalue weighted by Crippen LogP contribution is -2.56. The summed E-state index contributed by atoms with van der Waals surface area (Å²) in [4.78, 5) is 2.40. The van der Waals surface area contributed by atoms with Crippen LogP contribution in [0.15, 0.2) is 0 Å². The van der Waals surface area contributed by atoms with Crippen LogP contribution in [0.5, 0.6) is 0 Å². The molecule has 2 N–H and O–H groups in total. The Bertz CT molecular complexity index is 159. The van der Waals surface area contributed by atoms with Gasteiger partial charge in [-0.15, -0.1) is 0 Å². The summed E-state index contributed by atoms with van der Waals surface area (Å²) in [5.41, 5.74) is 0.